The van der Waals surface area contributed by atoms with E-state index >= 15 is 0 Å². The molecule has 0 N–H and O–H groups in total. The summed E-state index contributed by atoms with van der Waals surface area (Å²) in [5, 5.41) is 0.388. The lowest BCUT2D eigenvalue weighted by molar-refractivity contribution is 0.455. The van der Waals surface area contributed by atoms with Crippen LogP contribution in [0.25, 0.3) is 0 Å². The second-order valence-corrected chi connectivity index (χ2v) is 4.77. The van der Waals surface area contributed by atoms with E-state index in [1.54, 1.807) is 13.0 Å². The standard InChI is InChI=1S/C14H15ClN2O/c1-8-5-9(2)10(3)12(6-8)18-14-7-13(15)16-11(4)17-14/h5-7H,1-4H3. The van der Waals surface area contributed by atoms with Crippen LogP contribution in [0, 0.1) is 27.7 Å². The van der Waals surface area contributed by atoms with Crippen LogP contribution in [0.2, 0.25) is 5.15 Å². The third-order valence-electron chi connectivity index (χ3n) is 2.76. The topological polar surface area (TPSA) is 35.0 Å². The third-order valence-corrected chi connectivity index (χ3v) is 2.96. The Morgan fingerprint density at radius 3 is 2.39 bits per heavy atom. The van der Waals surface area contributed by atoms with Gasteiger partial charge in [0.2, 0.25) is 5.88 Å². The van der Waals surface area contributed by atoms with Crippen molar-refractivity contribution in [2.45, 2.75) is 27.7 Å². The SMILES string of the molecule is Cc1cc(C)c(C)c(Oc2cc(Cl)nc(C)n2)c1. The van der Waals surface area contributed by atoms with E-state index in [2.05, 4.69) is 23.0 Å². The number of halogens is 1. The second-order valence-electron chi connectivity index (χ2n) is 4.38. The fourth-order valence-corrected chi connectivity index (χ4v) is 1.99. The molecule has 0 unspecified atom stereocenters. The van der Waals surface area contributed by atoms with E-state index in [4.69, 9.17) is 16.3 Å². The van der Waals surface area contributed by atoms with Crippen molar-refractivity contribution in [2.75, 3.05) is 0 Å². The zero-order chi connectivity index (χ0) is 13.3. The van der Waals surface area contributed by atoms with E-state index in [-0.39, 0.29) is 0 Å². The molecule has 0 aliphatic rings. The summed E-state index contributed by atoms with van der Waals surface area (Å²) < 4.78 is 5.80. The summed E-state index contributed by atoms with van der Waals surface area (Å²) in [4.78, 5) is 8.22. The van der Waals surface area contributed by atoms with Crippen LogP contribution in [-0.2, 0) is 0 Å². The first-order chi connectivity index (χ1) is 8.45. The molecule has 0 bridgehead atoms. The molecule has 2 aromatic rings. The summed E-state index contributed by atoms with van der Waals surface area (Å²) in [7, 11) is 0. The maximum atomic E-state index is 5.89. The first-order valence-electron chi connectivity index (χ1n) is 5.72. The van der Waals surface area contributed by atoms with E-state index in [1.807, 2.05) is 19.9 Å². The highest BCUT2D eigenvalue weighted by atomic mass is 35.5. The van der Waals surface area contributed by atoms with E-state index in [1.165, 1.54) is 5.56 Å². The van der Waals surface area contributed by atoms with E-state index in [0.29, 0.717) is 16.9 Å². The number of hydrogen-bond donors (Lipinski definition) is 0. The predicted molar refractivity (Wildman–Crippen MR) is 72.5 cm³/mol. The Balaban J connectivity index is 2.39. The first kappa shape index (κ1) is 12.8. The highest BCUT2D eigenvalue weighted by Gasteiger charge is 2.07. The summed E-state index contributed by atoms with van der Waals surface area (Å²) in [6.45, 7) is 7.91. The molecule has 18 heavy (non-hydrogen) atoms. The summed E-state index contributed by atoms with van der Waals surface area (Å²) >= 11 is 5.89. The van der Waals surface area contributed by atoms with Gasteiger partial charge in [0.1, 0.15) is 16.7 Å². The predicted octanol–water partition coefficient (Wildman–Crippen LogP) is 4.16. The summed E-state index contributed by atoms with van der Waals surface area (Å²) in [5.41, 5.74) is 3.46. The fraction of sp³-hybridized carbons (Fsp3) is 0.286. The van der Waals surface area contributed by atoms with Crippen LogP contribution in [0.15, 0.2) is 18.2 Å². The molecule has 0 aliphatic heterocycles. The van der Waals surface area contributed by atoms with Crippen LogP contribution >= 0.6 is 11.6 Å². The maximum Gasteiger partial charge on any atom is 0.224 e. The van der Waals surface area contributed by atoms with E-state index in [0.717, 1.165) is 16.9 Å². The van der Waals surface area contributed by atoms with E-state index < -0.39 is 0 Å². The number of aromatic nitrogens is 2. The van der Waals surface area contributed by atoms with Gasteiger partial charge < -0.3 is 4.74 Å². The molecule has 2 rings (SSSR count). The van der Waals surface area contributed by atoms with Crippen LogP contribution < -0.4 is 4.74 Å². The normalized spacial score (nSPS) is 10.5. The number of ether oxygens (including phenoxy) is 1. The van der Waals surface area contributed by atoms with Gasteiger partial charge in [-0.15, -0.1) is 0 Å². The summed E-state index contributed by atoms with van der Waals surface area (Å²) in [5.74, 6) is 1.88. The molecule has 0 fully saturated rings. The van der Waals surface area contributed by atoms with Crippen molar-refractivity contribution in [3.8, 4) is 11.6 Å². The number of benzene rings is 1. The third kappa shape index (κ3) is 2.79. The van der Waals surface area contributed by atoms with Crippen molar-refractivity contribution in [1.82, 2.24) is 9.97 Å². The lowest BCUT2D eigenvalue weighted by atomic mass is 10.1. The molecule has 0 spiro atoms. The smallest absolute Gasteiger partial charge is 0.224 e. The molecule has 3 nitrogen and oxygen atoms in total. The van der Waals surface area contributed by atoms with Gasteiger partial charge in [-0.1, -0.05) is 17.7 Å². The molecule has 94 valence electrons. The van der Waals surface area contributed by atoms with Gasteiger partial charge in [-0.3, -0.25) is 0 Å². The Kier molecular flexibility index (Phi) is 3.53. The monoisotopic (exact) mass is 262 g/mol. The first-order valence-corrected chi connectivity index (χ1v) is 6.10. The highest BCUT2D eigenvalue weighted by molar-refractivity contribution is 6.29. The molecule has 1 heterocycles. The zero-order valence-electron chi connectivity index (χ0n) is 10.9. The molecule has 0 amide bonds. The van der Waals surface area contributed by atoms with Gasteiger partial charge in [0.25, 0.3) is 0 Å². The van der Waals surface area contributed by atoms with Crippen LogP contribution in [0.1, 0.15) is 22.5 Å². The molecule has 0 saturated heterocycles. The molecule has 0 aliphatic carbocycles. The van der Waals surface area contributed by atoms with Gasteiger partial charge in [-0.05, 0) is 50.5 Å². The maximum absolute atomic E-state index is 5.89. The van der Waals surface area contributed by atoms with Crippen molar-refractivity contribution in [3.05, 3.63) is 45.9 Å². The van der Waals surface area contributed by atoms with Crippen molar-refractivity contribution in [3.63, 3.8) is 0 Å². The molecule has 0 radical (unpaired) electrons. The Morgan fingerprint density at radius 1 is 1.00 bits per heavy atom. The number of rotatable bonds is 2. The van der Waals surface area contributed by atoms with Crippen molar-refractivity contribution in [1.29, 1.82) is 0 Å². The fourth-order valence-electron chi connectivity index (χ4n) is 1.78. The van der Waals surface area contributed by atoms with Crippen molar-refractivity contribution < 1.29 is 4.74 Å². The minimum atomic E-state index is 0.388. The highest BCUT2D eigenvalue weighted by Crippen LogP contribution is 2.28. The molecular weight excluding hydrogens is 248 g/mol. The Bertz CT molecular complexity index is 576. The summed E-state index contributed by atoms with van der Waals surface area (Å²) in [6.07, 6.45) is 0. The molecule has 1 aromatic carbocycles. The van der Waals surface area contributed by atoms with Gasteiger partial charge in [-0.2, -0.15) is 4.98 Å². The largest absolute Gasteiger partial charge is 0.439 e. The van der Waals surface area contributed by atoms with Crippen LogP contribution in [-0.4, -0.2) is 9.97 Å². The van der Waals surface area contributed by atoms with Gasteiger partial charge >= 0.3 is 0 Å². The molecular formula is C14H15ClN2O. The van der Waals surface area contributed by atoms with Crippen LogP contribution in [0.5, 0.6) is 11.6 Å². The Morgan fingerprint density at radius 2 is 1.72 bits per heavy atom. The van der Waals surface area contributed by atoms with Crippen LogP contribution in [0.4, 0.5) is 0 Å². The average molecular weight is 263 g/mol. The second kappa shape index (κ2) is 4.94. The van der Waals surface area contributed by atoms with E-state index in [9.17, 15) is 0 Å². The van der Waals surface area contributed by atoms with Gasteiger partial charge in [0, 0.05) is 6.07 Å². The van der Waals surface area contributed by atoms with Crippen LogP contribution in [0.3, 0.4) is 0 Å². The lowest BCUT2D eigenvalue weighted by Crippen LogP contribution is -1.96. The molecule has 4 heteroatoms. The average Bonchev–Trinajstić information content (AvgIpc) is 2.23. The Labute approximate surface area is 112 Å². The lowest BCUT2D eigenvalue weighted by Gasteiger charge is -2.11. The van der Waals surface area contributed by atoms with Crippen molar-refractivity contribution >= 4 is 11.6 Å². The van der Waals surface area contributed by atoms with Crippen molar-refractivity contribution in [2.24, 2.45) is 0 Å². The minimum Gasteiger partial charge on any atom is -0.439 e. The number of nitrogens with zero attached hydrogens (tertiary/aromatic N) is 2. The number of hydrogen-bond acceptors (Lipinski definition) is 3. The zero-order valence-corrected chi connectivity index (χ0v) is 11.7. The van der Waals surface area contributed by atoms with Gasteiger partial charge in [0.15, 0.2) is 0 Å². The molecule has 0 atom stereocenters. The minimum absolute atomic E-state index is 0.388. The Hall–Kier alpha value is -1.61. The summed E-state index contributed by atoms with van der Waals surface area (Å²) in [6, 6.07) is 5.74. The van der Waals surface area contributed by atoms with Gasteiger partial charge in [-0.25, -0.2) is 4.98 Å². The molecule has 0 saturated carbocycles. The number of aryl methyl sites for hydroxylation is 3. The van der Waals surface area contributed by atoms with Gasteiger partial charge in [0.05, 0.1) is 0 Å². The molecule has 1 aromatic heterocycles. The quantitative estimate of drug-likeness (QED) is 0.763.